The summed E-state index contributed by atoms with van der Waals surface area (Å²) in [7, 11) is 0. The molecule has 5 fully saturated rings. The summed E-state index contributed by atoms with van der Waals surface area (Å²) in [5.41, 5.74) is 2.05. The lowest BCUT2D eigenvalue weighted by Crippen LogP contribution is -2.47. The number of hydrogen-bond donors (Lipinski definition) is 2. The van der Waals surface area contributed by atoms with Crippen molar-refractivity contribution in [1.82, 2.24) is 20.4 Å². The van der Waals surface area contributed by atoms with Gasteiger partial charge in [-0.15, -0.1) is 0 Å². The zero-order valence-electron chi connectivity index (χ0n) is 19.9. The molecular weight excluding hydrogens is 424 g/mol. The first kappa shape index (κ1) is 21.9. The molecule has 2 amide bonds. The average Bonchev–Trinajstić information content (AvgIpc) is 3.36. The fourth-order valence-corrected chi connectivity index (χ4v) is 7.78. The van der Waals surface area contributed by atoms with E-state index in [1.54, 1.807) is 6.07 Å². The van der Waals surface area contributed by atoms with Crippen LogP contribution in [0.3, 0.4) is 0 Å². The van der Waals surface area contributed by atoms with Crippen LogP contribution >= 0.6 is 0 Å². The molecule has 180 valence electrons. The van der Waals surface area contributed by atoms with Crippen molar-refractivity contribution in [3.8, 4) is 11.3 Å². The second-order valence-corrected chi connectivity index (χ2v) is 11.4. The molecule has 6 heteroatoms. The van der Waals surface area contributed by atoms with Gasteiger partial charge in [0.1, 0.15) is 5.69 Å². The number of carbonyl (C=O) groups excluding carboxylic acids is 2. The molecule has 34 heavy (non-hydrogen) atoms. The molecule has 2 aromatic rings. The van der Waals surface area contributed by atoms with Gasteiger partial charge in [0.2, 0.25) is 5.91 Å². The summed E-state index contributed by atoms with van der Waals surface area (Å²) in [5, 5.41) is 9.79. The Morgan fingerprint density at radius 1 is 0.971 bits per heavy atom. The molecule has 1 aromatic carbocycles. The van der Waals surface area contributed by atoms with E-state index in [1.807, 2.05) is 35.2 Å². The molecule has 6 nitrogen and oxygen atoms in total. The summed E-state index contributed by atoms with van der Waals surface area (Å²) in [6, 6.07) is 11.5. The minimum atomic E-state index is -0.292. The van der Waals surface area contributed by atoms with E-state index in [2.05, 4.69) is 15.5 Å². The van der Waals surface area contributed by atoms with Gasteiger partial charge in [-0.1, -0.05) is 30.3 Å². The number of aromatic amines is 1. The quantitative estimate of drug-likeness (QED) is 0.666. The van der Waals surface area contributed by atoms with E-state index in [0.29, 0.717) is 5.69 Å². The summed E-state index contributed by atoms with van der Waals surface area (Å²) in [5.74, 6) is 5.52. The van der Waals surface area contributed by atoms with Crippen LogP contribution in [0.25, 0.3) is 11.3 Å². The molecule has 1 aromatic heterocycles. The molecule has 0 unspecified atom stereocenters. The molecule has 0 atom stereocenters. The number of amides is 2. The molecule has 4 aliphatic carbocycles. The van der Waals surface area contributed by atoms with Gasteiger partial charge in [0.05, 0.1) is 12.2 Å². The number of H-pyrrole nitrogens is 1. The highest BCUT2D eigenvalue weighted by atomic mass is 16.2. The smallest absolute Gasteiger partial charge is 0.269 e. The lowest BCUT2D eigenvalue weighted by atomic mass is 9.50. The number of piperidine rings is 1. The molecule has 7 rings (SSSR count). The van der Waals surface area contributed by atoms with Crippen LogP contribution in [-0.4, -0.2) is 46.5 Å². The maximum Gasteiger partial charge on any atom is 0.269 e. The number of nitrogens with zero attached hydrogens (tertiary/aromatic N) is 2. The molecule has 2 heterocycles. The SMILES string of the molecule is O=C(NCC(=O)N1CCC(CC2C3CC4CC(C3)CC2C4)CC1)c1cc(-c2ccccc2)n[nH]1. The molecule has 0 spiro atoms. The van der Waals surface area contributed by atoms with Crippen molar-refractivity contribution in [2.24, 2.45) is 35.5 Å². The minimum Gasteiger partial charge on any atom is -0.342 e. The van der Waals surface area contributed by atoms with Crippen LogP contribution in [0.5, 0.6) is 0 Å². The average molecular weight is 461 g/mol. The summed E-state index contributed by atoms with van der Waals surface area (Å²) < 4.78 is 0. The maximum atomic E-state index is 12.7. The van der Waals surface area contributed by atoms with Crippen LogP contribution in [0.4, 0.5) is 0 Å². The molecule has 1 saturated heterocycles. The molecule has 5 aliphatic rings. The zero-order valence-corrected chi connectivity index (χ0v) is 19.9. The Balaban J connectivity index is 0.957. The van der Waals surface area contributed by atoms with Gasteiger partial charge in [0, 0.05) is 18.7 Å². The van der Waals surface area contributed by atoms with Crippen molar-refractivity contribution in [1.29, 1.82) is 0 Å². The van der Waals surface area contributed by atoms with E-state index >= 15 is 0 Å². The normalized spacial score (nSPS) is 30.5. The van der Waals surface area contributed by atoms with Crippen molar-refractivity contribution in [2.45, 2.75) is 51.4 Å². The number of hydrogen-bond acceptors (Lipinski definition) is 3. The van der Waals surface area contributed by atoms with Gasteiger partial charge in [0.15, 0.2) is 0 Å². The van der Waals surface area contributed by atoms with Crippen LogP contribution in [-0.2, 0) is 4.79 Å². The Hall–Kier alpha value is -2.63. The Kier molecular flexibility index (Phi) is 5.92. The molecular formula is C28H36N4O2. The third-order valence-electron chi connectivity index (χ3n) is 9.29. The van der Waals surface area contributed by atoms with Gasteiger partial charge in [-0.05, 0) is 92.9 Å². The lowest BCUT2D eigenvalue weighted by Gasteiger charge is -2.55. The number of rotatable bonds is 6. The third-order valence-corrected chi connectivity index (χ3v) is 9.29. The number of likely N-dealkylation sites (tertiary alicyclic amines) is 1. The summed E-state index contributed by atoms with van der Waals surface area (Å²) in [4.78, 5) is 27.2. The van der Waals surface area contributed by atoms with Gasteiger partial charge in [-0.3, -0.25) is 14.7 Å². The third kappa shape index (κ3) is 4.39. The minimum absolute atomic E-state index is 0.0178. The highest BCUT2D eigenvalue weighted by Gasteiger charge is 2.48. The van der Waals surface area contributed by atoms with Gasteiger partial charge in [-0.25, -0.2) is 0 Å². The van der Waals surface area contributed by atoms with E-state index in [9.17, 15) is 9.59 Å². The van der Waals surface area contributed by atoms with Crippen molar-refractivity contribution < 1.29 is 9.59 Å². The Morgan fingerprint density at radius 2 is 1.65 bits per heavy atom. The highest BCUT2D eigenvalue weighted by molar-refractivity contribution is 5.95. The number of nitrogens with one attached hydrogen (secondary N) is 2. The van der Waals surface area contributed by atoms with Gasteiger partial charge in [0.25, 0.3) is 5.91 Å². The zero-order chi connectivity index (χ0) is 23.1. The first-order chi connectivity index (χ1) is 16.6. The molecule has 1 aliphatic heterocycles. The van der Waals surface area contributed by atoms with Crippen molar-refractivity contribution in [2.75, 3.05) is 19.6 Å². The summed E-state index contributed by atoms with van der Waals surface area (Å²) >= 11 is 0. The number of carbonyl (C=O) groups is 2. The maximum absolute atomic E-state index is 12.7. The highest BCUT2D eigenvalue weighted by Crippen LogP contribution is 2.58. The molecule has 2 N–H and O–H groups in total. The van der Waals surface area contributed by atoms with Crippen molar-refractivity contribution >= 4 is 11.8 Å². The first-order valence-electron chi connectivity index (χ1n) is 13.3. The van der Waals surface area contributed by atoms with Crippen LogP contribution in [0.15, 0.2) is 36.4 Å². The first-order valence-corrected chi connectivity index (χ1v) is 13.3. The van der Waals surface area contributed by atoms with Gasteiger partial charge in [-0.2, -0.15) is 5.10 Å². The van der Waals surface area contributed by atoms with Crippen LogP contribution in [0, 0.1) is 35.5 Å². The van der Waals surface area contributed by atoms with E-state index in [-0.39, 0.29) is 18.4 Å². The number of benzene rings is 1. The second kappa shape index (κ2) is 9.20. The second-order valence-electron chi connectivity index (χ2n) is 11.4. The van der Waals surface area contributed by atoms with Crippen LogP contribution in [0.1, 0.15) is 61.9 Å². The monoisotopic (exact) mass is 460 g/mol. The fourth-order valence-electron chi connectivity index (χ4n) is 7.78. The standard InChI is InChI=1S/C28H36N4O2/c33-27(17-29-28(34)26-16-25(30-31-26)21-4-2-1-3-5-21)32-8-6-18(7-9-32)15-24-22-11-19-10-20(13-22)14-23(24)12-19/h1-5,16,18-20,22-24H,6-15,17H2,(H,29,34)(H,30,31). The summed E-state index contributed by atoms with van der Waals surface area (Å²) in [6.45, 7) is 1.70. The van der Waals surface area contributed by atoms with E-state index < -0.39 is 0 Å². The topological polar surface area (TPSA) is 78.1 Å². The van der Waals surface area contributed by atoms with E-state index in [0.717, 1.165) is 72.7 Å². The predicted molar refractivity (Wildman–Crippen MR) is 131 cm³/mol. The van der Waals surface area contributed by atoms with Gasteiger partial charge < -0.3 is 10.2 Å². The van der Waals surface area contributed by atoms with Crippen LogP contribution in [0.2, 0.25) is 0 Å². The van der Waals surface area contributed by atoms with E-state index in [4.69, 9.17) is 0 Å². The Morgan fingerprint density at radius 3 is 2.32 bits per heavy atom. The van der Waals surface area contributed by atoms with Gasteiger partial charge >= 0.3 is 0 Å². The Bertz CT molecular complexity index is 996. The number of aromatic nitrogens is 2. The molecule has 4 bridgehead atoms. The largest absolute Gasteiger partial charge is 0.342 e. The summed E-state index contributed by atoms with van der Waals surface area (Å²) in [6.07, 6.45) is 11.1. The van der Waals surface area contributed by atoms with Crippen molar-refractivity contribution in [3.05, 3.63) is 42.1 Å². The predicted octanol–water partition coefficient (Wildman–Crippen LogP) is 4.51. The fraction of sp³-hybridized carbons (Fsp3) is 0.607. The van der Waals surface area contributed by atoms with Crippen molar-refractivity contribution in [3.63, 3.8) is 0 Å². The molecule has 4 saturated carbocycles. The Labute approximate surface area is 201 Å². The lowest BCUT2D eigenvalue weighted by molar-refractivity contribution is -0.131. The van der Waals surface area contributed by atoms with Crippen LogP contribution < -0.4 is 5.32 Å². The van der Waals surface area contributed by atoms with E-state index in [1.165, 1.54) is 38.5 Å². The molecule has 0 radical (unpaired) electrons.